The molecule has 1 amide bonds. The van der Waals surface area contributed by atoms with Gasteiger partial charge < -0.3 is 4.90 Å². The summed E-state index contributed by atoms with van der Waals surface area (Å²) in [5, 5.41) is 3.08. The van der Waals surface area contributed by atoms with Crippen LogP contribution >= 0.6 is 11.6 Å². The molecule has 0 aliphatic carbocycles. The third-order valence-electron chi connectivity index (χ3n) is 5.20. The first kappa shape index (κ1) is 18.0. The van der Waals surface area contributed by atoms with Gasteiger partial charge in [-0.3, -0.25) is 9.69 Å². The summed E-state index contributed by atoms with van der Waals surface area (Å²) in [5.41, 5.74) is 1.92. The summed E-state index contributed by atoms with van der Waals surface area (Å²) in [4.78, 5) is 17.2. The van der Waals surface area contributed by atoms with Crippen molar-refractivity contribution >= 4 is 28.3 Å². The Balaban J connectivity index is 1.42. The van der Waals surface area contributed by atoms with Gasteiger partial charge in [-0.15, -0.1) is 0 Å². The van der Waals surface area contributed by atoms with Crippen molar-refractivity contribution in [2.75, 3.05) is 26.2 Å². The van der Waals surface area contributed by atoms with E-state index in [4.69, 9.17) is 11.6 Å². The number of halogens is 1. The van der Waals surface area contributed by atoms with E-state index in [1.165, 1.54) is 16.3 Å². The fourth-order valence-electron chi connectivity index (χ4n) is 3.73. The van der Waals surface area contributed by atoms with E-state index < -0.39 is 0 Å². The summed E-state index contributed by atoms with van der Waals surface area (Å²) in [6.07, 6.45) is 0.976. The normalized spacial score (nSPS) is 15.7. The van der Waals surface area contributed by atoms with Crippen LogP contribution in [0, 0.1) is 0 Å². The zero-order valence-corrected chi connectivity index (χ0v) is 16.0. The van der Waals surface area contributed by atoms with Crippen LogP contribution in [0.2, 0.25) is 5.02 Å². The van der Waals surface area contributed by atoms with Gasteiger partial charge in [-0.2, -0.15) is 0 Å². The molecule has 3 aromatic carbocycles. The lowest BCUT2D eigenvalue weighted by Gasteiger charge is -2.22. The second kappa shape index (κ2) is 8.12. The van der Waals surface area contributed by atoms with Crippen LogP contribution in [-0.4, -0.2) is 41.9 Å². The van der Waals surface area contributed by atoms with E-state index in [1.54, 1.807) is 6.07 Å². The zero-order valence-electron chi connectivity index (χ0n) is 15.3. The largest absolute Gasteiger partial charge is 0.337 e. The number of nitrogens with zero attached hydrogens (tertiary/aromatic N) is 2. The molecule has 0 bridgehead atoms. The zero-order chi connectivity index (χ0) is 18.6. The van der Waals surface area contributed by atoms with Crippen LogP contribution in [0.4, 0.5) is 0 Å². The summed E-state index contributed by atoms with van der Waals surface area (Å²) in [5.74, 6) is 0.0353. The van der Waals surface area contributed by atoms with E-state index in [1.807, 2.05) is 23.1 Å². The highest BCUT2D eigenvalue weighted by atomic mass is 35.5. The topological polar surface area (TPSA) is 23.6 Å². The van der Waals surface area contributed by atoms with Crippen molar-refractivity contribution in [3.63, 3.8) is 0 Å². The first-order chi connectivity index (χ1) is 13.2. The molecule has 0 spiro atoms. The Morgan fingerprint density at radius 3 is 2.48 bits per heavy atom. The molecule has 138 valence electrons. The third-order valence-corrected chi connectivity index (χ3v) is 5.53. The molecule has 0 unspecified atom stereocenters. The van der Waals surface area contributed by atoms with Gasteiger partial charge in [-0.05, 0) is 41.0 Å². The van der Waals surface area contributed by atoms with Crippen molar-refractivity contribution in [2.24, 2.45) is 0 Å². The van der Waals surface area contributed by atoms with Crippen LogP contribution in [-0.2, 0) is 6.54 Å². The molecule has 0 saturated carbocycles. The Morgan fingerprint density at radius 2 is 1.63 bits per heavy atom. The van der Waals surface area contributed by atoms with E-state index in [-0.39, 0.29) is 5.91 Å². The second-order valence-electron chi connectivity index (χ2n) is 7.08. The lowest BCUT2D eigenvalue weighted by atomic mass is 10.1. The molecular weight excluding hydrogens is 356 g/mol. The van der Waals surface area contributed by atoms with Gasteiger partial charge in [-0.25, -0.2) is 0 Å². The Kier molecular flexibility index (Phi) is 5.42. The predicted molar refractivity (Wildman–Crippen MR) is 111 cm³/mol. The Morgan fingerprint density at radius 1 is 0.852 bits per heavy atom. The minimum Gasteiger partial charge on any atom is -0.337 e. The van der Waals surface area contributed by atoms with Crippen molar-refractivity contribution in [1.82, 2.24) is 9.80 Å². The summed E-state index contributed by atoms with van der Waals surface area (Å²) in [7, 11) is 0. The first-order valence-electron chi connectivity index (χ1n) is 9.44. The number of carbonyl (C=O) groups excluding carboxylic acids is 1. The van der Waals surface area contributed by atoms with E-state index >= 15 is 0 Å². The molecule has 4 rings (SSSR count). The van der Waals surface area contributed by atoms with E-state index in [9.17, 15) is 4.79 Å². The monoisotopic (exact) mass is 378 g/mol. The number of amides is 1. The molecule has 0 atom stereocenters. The molecule has 3 aromatic rings. The SMILES string of the molecule is O=C(c1ccccc1Cl)N1CCCN(Cc2ccc3ccccc3c2)CC1. The fourth-order valence-corrected chi connectivity index (χ4v) is 3.95. The van der Waals surface area contributed by atoms with Crippen LogP contribution < -0.4 is 0 Å². The highest BCUT2D eigenvalue weighted by Gasteiger charge is 2.21. The Hall–Kier alpha value is -2.36. The minimum atomic E-state index is 0.0353. The molecular formula is C23H23ClN2O. The standard InChI is InChI=1S/C23H23ClN2O/c24-22-9-4-3-8-21(22)23(27)26-13-5-12-25(14-15-26)17-18-10-11-19-6-1-2-7-20(19)16-18/h1-4,6-11,16H,5,12-15,17H2. The van der Waals surface area contributed by atoms with Crippen LogP contribution in [0.25, 0.3) is 10.8 Å². The maximum absolute atomic E-state index is 12.8. The van der Waals surface area contributed by atoms with E-state index in [0.29, 0.717) is 10.6 Å². The van der Waals surface area contributed by atoms with Gasteiger partial charge in [-0.1, -0.05) is 60.1 Å². The van der Waals surface area contributed by atoms with Crippen LogP contribution in [0.3, 0.4) is 0 Å². The van der Waals surface area contributed by atoms with Gasteiger partial charge in [0.25, 0.3) is 5.91 Å². The summed E-state index contributed by atoms with van der Waals surface area (Å²) in [6, 6.07) is 22.4. The number of carbonyl (C=O) groups is 1. The molecule has 3 nitrogen and oxygen atoms in total. The van der Waals surface area contributed by atoms with Gasteiger partial charge in [0.2, 0.25) is 0 Å². The molecule has 0 N–H and O–H groups in total. The lowest BCUT2D eigenvalue weighted by Crippen LogP contribution is -2.35. The third kappa shape index (κ3) is 4.15. The average molecular weight is 379 g/mol. The van der Waals surface area contributed by atoms with E-state index in [2.05, 4.69) is 47.4 Å². The highest BCUT2D eigenvalue weighted by Crippen LogP contribution is 2.20. The van der Waals surface area contributed by atoms with Crippen LogP contribution in [0.1, 0.15) is 22.3 Å². The molecule has 1 fully saturated rings. The number of benzene rings is 3. The Bertz CT molecular complexity index is 956. The maximum Gasteiger partial charge on any atom is 0.255 e. The molecule has 1 heterocycles. The Labute approximate surface area is 165 Å². The molecule has 0 aromatic heterocycles. The second-order valence-corrected chi connectivity index (χ2v) is 7.49. The number of hydrogen-bond donors (Lipinski definition) is 0. The van der Waals surface area contributed by atoms with Crippen molar-refractivity contribution in [2.45, 2.75) is 13.0 Å². The maximum atomic E-state index is 12.8. The summed E-state index contributed by atoms with van der Waals surface area (Å²) >= 11 is 6.20. The summed E-state index contributed by atoms with van der Waals surface area (Å²) in [6.45, 7) is 4.30. The van der Waals surface area contributed by atoms with Gasteiger partial charge in [0, 0.05) is 32.7 Å². The summed E-state index contributed by atoms with van der Waals surface area (Å²) < 4.78 is 0. The first-order valence-corrected chi connectivity index (χ1v) is 9.82. The van der Waals surface area contributed by atoms with Gasteiger partial charge in [0.15, 0.2) is 0 Å². The molecule has 1 aliphatic heterocycles. The van der Waals surface area contributed by atoms with Crippen molar-refractivity contribution in [3.8, 4) is 0 Å². The van der Waals surface area contributed by atoms with Crippen LogP contribution in [0.5, 0.6) is 0 Å². The molecule has 4 heteroatoms. The number of hydrogen-bond acceptors (Lipinski definition) is 2. The van der Waals surface area contributed by atoms with Gasteiger partial charge in [0.05, 0.1) is 10.6 Å². The molecule has 1 aliphatic rings. The predicted octanol–water partition coefficient (Wildman–Crippen LogP) is 4.84. The van der Waals surface area contributed by atoms with Crippen molar-refractivity contribution < 1.29 is 4.79 Å². The van der Waals surface area contributed by atoms with E-state index in [0.717, 1.165) is 39.1 Å². The quantitative estimate of drug-likeness (QED) is 0.651. The molecule has 27 heavy (non-hydrogen) atoms. The molecule has 1 saturated heterocycles. The van der Waals surface area contributed by atoms with Gasteiger partial charge in [0.1, 0.15) is 0 Å². The molecule has 0 radical (unpaired) electrons. The minimum absolute atomic E-state index is 0.0353. The lowest BCUT2D eigenvalue weighted by molar-refractivity contribution is 0.0761. The van der Waals surface area contributed by atoms with Crippen molar-refractivity contribution in [1.29, 1.82) is 0 Å². The van der Waals surface area contributed by atoms with Crippen LogP contribution in [0.15, 0.2) is 66.7 Å². The highest BCUT2D eigenvalue weighted by molar-refractivity contribution is 6.33. The fraction of sp³-hybridized carbons (Fsp3) is 0.261. The van der Waals surface area contributed by atoms with Gasteiger partial charge >= 0.3 is 0 Å². The van der Waals surface area contributed by atoms with Crippen molar-refractivity contribution in [3.05, 3.63) is 82.9 Å². The smallest absolute Gasteiger partial charge is 0.255 e. The average Bonchev–Trinajstić information content (AvgIpc) is 2.93. The number of rotatable bonds is 3. The number of fused-ring (bicyclic) bond motifs is 1.